The van der Waals surface area contributed by atoms with Crippen molar-refractivity contribution in [3.05, 3.63) is 112 Å². The number of hydrogen-bond donors (Lipinski definition) is 1. The molecule has 1 amide bonds. The fraction of sp³-hybridized carbons (Fsp3) is 0.120. The predicted octanol–water partition coefficient (Wildman–Crippen LogP) is 5.20. The summed E-state index contributed by atoms with van der Waals surface area (Å²) in [7, 11) is 0. The van der Waals surface area contributed by atoms with Crippen LogP contribution in [0.2, 0.25) is 5.02 Å². The summed E-state index contributed by atoms with van der Waals surface area (Å²) in [5.74, 6) is -0.100. The molecular formula is C25H21ClN2O. The Balaban J connectivity index is 1.48. The summed E-state index contributed by atoms with van der Waals surface area (Å²) in [5, 5.41) is 3.73. The van der Waals surface area contributed by atoms with Gasteiger partial charge >= 0.3 is 0 Å². The third-order valence-electron chi connectivity index (χ3n) is 4.96. The molecule has 4 heteroatoms. The van der Waals surface area contributed by atoms with E-state index in [1.165, 1.54) is 0 Å². The molecule has 29 heavy (non-hydrogen) atoms. The fourth-order valence-electron chi connectivity index (χ4n) is 3.43. The highest BCUT2D eigenvalue weighted by Gasteiger charge is 2.18. The van der Waals surface area contributed by atoms with Crippen LogP contribution in [-0.2, 0) is 6.42 Å². The SMILES string of the molecule is O=C(NCCc1ccccc1Cl)c1ccccc1C1=NCC(c2ccccc2)=C1. The molecule has 0 aliphatic carbocycles. The van der Waals surface area contributed by atoms with Crippen molar-refractivity contribution in [2.45, 2.75) is 6.42 Å². The Bertz CT molecular complexity index is 1090. The minimum atomic E-state index is -0.100. The van der Waals surface area contributed by atoms with Crippen molar-refractivity contribution in [1.29, 1.82) is 0 Å². The maximum absolute atomic E-state index is 12.8. The number of nitrogens with one attached hydrogen (secondary N) is 1. The minimum Gasteiger partial charge on any atom is -0.352 e. The Morgan fingerprint density at radius 2 is 1.66 bits per heavy atom. The molecule has 1 aliphatic heterocycles. The summed E-state index contributed by atoms with van der Waals surface area (Å²) < 4.78 is 0. The van der Waals surface area contributed by atoms with E-state index in [1.54, 1.807) is 0 Å². The summed E-state index contributed by atoms with van der Waals surface area (Å²) in [4.78, 5) is 17.5. The molecule has 0 saturated carbocycles. The van der Waals surface area contributed by atoms with Gasteiger partial charge < -0.3 is 5.32 Å². The normalized spacial score (nSPS) is 13.0. The highest BCUT2D eigenvalue weighted by molar-refractivity contribution is 6.31. The van der Waals surface area contributed by atoms with Crippen molar-refractivity contribution in [3.63, 3.8) is 0 Å². The highest BCUT2D eigenvalue weighted by atomic mass is 35.5. The smallest absolute Gasteiger partial charge is 0.251 e. The van der Waals surface area contributed by atoms with Crippen LogP contribution in [0.3, 0.4) is 0 Å². The number of rotatable bonds is 6. The first-order chi connectivity index (χ1) is 14.2. The minimum absolute atomic E-state index is 0.100. The highest BCUT2D eigenvalue weighted by Crippen LogP contribution is 2.23. The fourth-order valence-corrected chi connectivity index (χ4v) is 3.66. The first-order valence-electron chi connectivity index (χ1n) is 9.64. The third kappa shape index (κ3) is 4.47. The van der Waals surface area contributed by atoms with Crippen molar-refractivity contribution >= 4 is 28.8 Å². The van der Waals surface area contributed by atoms with Gasteiger partial charge in [0.15, 0.2) is 0 Å². The molecule has 3 aromatic rings. The Hall–Kier alpha value is -3.17. The van der Waals surface area contributed by atoms with Gasteiger partial charge in [0.1, 0.15) is 0 Å². The van der Waals surface area contributed by atoms with Crippen molar-refractivity contribution in [2.24, 2.45) is 4.99 Å². The quantitative estimate of drug-likeness (QED) is 0.607. The second kappa shape index (κ2) is 8.89. The van der Waals surface area contributed by atoms with Crippen LogP contribution >= 0.6 is 11.6 Å². The van der Waals surface area contributed by atoms with Crippen molar-refractivity contribution in [3.8, 4) is 0 Å². The molecule has 0 radical (unpaired) electrons. The van der Waals surface area contributed by atoms with Gasteiger partial charge in [-0.05, 0) is 41.3 Å². The maximum atomic E-state index is 12.8. The van der Waals surface area contributed by atoms with Gasteiger partial charge in [0.05, 0.1) is 12.3 Å². The lowest BCUT2D eigenvalue weighted by Gasteiger charge is -2.10. The summed E-state index contributed by atoms with van der Waals surface area (Å²) in [5.41, 5.74) is 5.69. The molecule has 0 unspecified atom stereocenters. The van der Waals surface area contributed by atoms with Crippen LogP contribution < -0.4 is 5.32 Å². The molecule has 0 saturated heterocycles. The van der Waals surface area contributed by atoms with Crippen LogP contribution in [0.15, 0.2) is 89.9 Å². The Morgan fingerprint density at radius 3 is 2.48 bits per heavy atom. The van der Waals surface area contributed by atoms with Gasteiger partial charge in [0.25, 0.3) is 5.91 Å². The molecule has 3 nitrogen and oxygen atoms in total. The van der Waals surface area contributed by atoms with Crippen LogP contribution in [0, 0.1) is 0 Å². The van der Waals surface area contributed by atoms with Gasteiger partial charge in [-0.1, -0.05) is 78.3 Å². The standard InChI is InChI=1S/C25H21ClN2O/c26-23-13-7-4-10-19(23)14-15-27-25(29)22-12-6-5-11-21(22)24-16-20(17-28-24)18-8-2-1-3-9-18/h1-13,16H,14-15,17H2,(H,27,29). The molecule has 1 heterocycles. The molecule has 0 atom stereocenters. The molecule has 144 valence electrons. The first kappa shape index (κ1) is 19.2. The lowest BCUT2D eigenvalue weighted by atomic mass is 10.00. The van der Waals surface area contributed by atoms with E-state index >= 15 is 0 Å². The van der Waals surface area contributed by atoms with Crippen molar-refractivity contribution in [1.82, 2.24) is 5.32 Å². The largest absolute Gasteiger partial charge is 0.352 e. The van der Waals surface area contributed by atoms with Crippen LogP contribution in [0.1, 0.15) is 27.0 Å². The number of aliphatic imine (C=N–C) groups is 1. The molecule has 0 bridgehead atoms. The van der Waals surface area contributed by atoms with Crippen LogP contribution in [0.4, 0.5) is 0 Å². The lowest BCUT2D eigenvalue weighted by molar-refractivity contribution is 0.0954. The second-order valence-electron chi connectivity index (χ2n) is 6.88. The molecular weight excluding hydrogens is 380 g/mol. The van der Waals surface area contributed by atoms with E-state index < -0.39 is 0 Å². The molecule has 0 spiro atoms. The van der Waals surface area contributed by atoms with E-state index in [0.717, 1.165) is 33.0 Å². The summed E-state index contributed by atoms with van der Waals surface area (Å²) in [6, 6.07) is 25.5. The number of nitrogens with zero attached hydrogens (tertiary/aromatic N) is 1. The molecule has 1 N–H and O–H groups in total. The number of allylic oxidation sites excluding steroid dienone is 1. The average Bonchev–Trinajstić information content (AvgIpc) is 3.26. The number of amides is 1. The number of hydrogen-bond acceptors (Lipinski definition) is 2. The lowest BCUT2D eigenvalue weighted by Crippen LogP contribution is -2.27. The molecule has 3 aromatic carbocycles. The number of benzene rings is 3. The third-order valence-corrected chi connectivity index (χ3v) is 5.33. The monoisotopic (exact) mass is 400 g/mol. The molecule has 0 aromatic heterocycles. The predicted molar refractivity (Wildman–Crippen MR) is 120 cm³/mol. The van der Waals surface area contributed by atoms with Gasteiger partial charge in [-0.2, -0.15) is 0 Å². The van der Waals surface area contributed by atoms with Crippen molar-refractivity contribution in [2.75, 3.05) is 13.1 Å². The number of carbonyl (C=O) groups excluding carboxylic acids is 1. The number of halogens is 1. The number of carbonyl (C=O) groups is 1. The first-order valence-corrected chi connectivity index (χ1v) is 10.0. The van der Waals surface area contributed by atoms with E-state index in [1.807, 2.05) is 66.7 Å². The second-order valence-corrected chi connectivity index (χ2v) is 7.29. The zero-order chi connectivity index (χ0) is 20.1. The maximum Gasteiger partial charge on any atom is 0.251 e. The Kier molecular flexibility index (Phi) is 5.87. The van der Waals surface area contributed by atoms with Crippen LogP contribution in [-0.4, -0.2) is 24.7 Å². The topological polar surface area (TPSA) is 41.5 Å². The van der Waals surface area contributed by atoms with Gasteiger partial charge in [0.2, 0.25) is 0 Å². The van der Waals surface area contributed by atoms with Gasteiger partial charge in [0, 0.05) is 22.7 Å². The van der Waals surface area contributed by atoms with E-state index in [4.69, 9.17) is 11.6 Å². The van der Waals surface area contributed by atoms with E-state index in [9.17, 15) is 4.79 Å². The zero-order valence-electron chi connectivity index (χ0n) is 15.9. The Labute approximate surface area is 175 Å². The van der Waals surface area contributed by atoms with E-state index in [-0.39, 0.29) is 5.91 Å². The van der Waals surface area contributed by atoms with Gasteiger partial charge in [-0.15, -0.1) is 0 Å². The average molecular weight is 401 g/mol. The summed E-state index contributed by atoms with van der Waals surface area (Å²) in [6.07, 6.45) is 2.76. The van der Waals surface area contributed by atoms with Gasteiger partial charge in [-0.3, -0.25) is 9.79 Å². The molecule has 1 aliphatic rings. The zero-order valence-corrected chi connectivity index (χ0v) is 16.7. The summed E-state index contributed by atoms with van der Waals surface area (Å²) in [6.45, 7) is 1.15. The van der Waals surface area contributed by atoms with Crippen LogP contribution in [0.25, 0.3) is 5.57 Å². The molecule has 4 rings (SSSR count). The van der Waals surface area contributed by atoms with Gasteiger partial charge in [-0.25, -0.2) is 0 Å². The van der Waals surface area contributed by atoms with E-state index in [2.05, 4.69) is 28.5 Å². The van der Waals surface area contributed by atoms with Crippen molar-refractivity contribution < 1.29 is 4.79 Å². The molecule has 0 fully saturated rings. The van der Waals surface area contributed by atoms with E-state index in [0.29, 0.717) is 25.1 Å². The summed E-state index contributed by atoms with van der Waals surface area (Å²) >= 11 is 6.20. The van der Waals surface area contributed by atoms with Crippen LogP contribution in [0.5, 0.6) is 0 Å². The Morgan fingerprint density at radius 1 is 0.931 bits per heavy atom.